The van der Waals surface area contributed by atoms with Crippen LogP contribution in [0.3, 0.4) is 0 Å². The van der Waals surface area contributed by atoms with E-state index in [0.29, 0.717) is 6.10 Å². The number of nitrogens with zero attached hydrogens (tertiary/aromatic N) is 2. The third-order valence-electron chi connectivity index (χ3n) is 4.62. The fourth-order valence-electron chi connectivity index (χ4n) is 3.21. The Hall–Kier alpha value is -1.14. The normalized spacial score (nSPS) is 16.5. The van der Waals surface area contributed by atoms with E-state index in [9.17, 15) is 0 Å². The molecule has 0 unspecified atom stereocenters. The Bertz CT molecular complexity index is 510. The van der Waals surface area contributed by atoms with Crippen molar-refractivity contribution >= 4 is 17.3 Å². The van der Waals surface area contributed by atoms with Crippen LogP contribution in [-0.4, -0.2) is 43.3 Å². The van der Waals surface area contributed by atoms with Crippen LogP contribution in [0.15, 0.2) is 11.2 Å². The summed E-state index contributed by atoms with van der Waals surface area (Å²) in [7, 11) is 0. The molecule has 0 saturated heterocycles. The number of unbranched alkanes of at least 4 members (excludes halogenated alkanes) is 1. The van der Waals surface area contributed by atoms with Crippen molar-refractivity contribution in [1.82, 2.24) is 15.6 Å². The molecule has 1 aromatic heterocycles. The Balaban J connectivity index is 1.56. The predicted octanol–water partition coefficient (Wildman–Crippen LogP) is 4.07. The van der Waals surface area contributed by atoms with Crippen LogP contribution in [0.25, 0.3) is 0 Å². The van der Waals surface area contributed by atoms with E-state index in [1.165, 1.54) is 48.4 Å². The monoisotopic (exact) mass is 380 g/mol. The summed E-state index contributed by atoms with van der Waals surface area (Å²) < 4.78 is 6.05. The molecule has 0 spiro atoms. The van der Waals surface area contributed by atoms with Crippen molar-refractivity contribution in [2.24, 2.45) is 4.99 Å². The maximum atomic E-state index is 6.05. The second-order valence-corrected chi connectivity index (χ2v) is 8.31. The van der Waals surface area contributed by atoms with Crippen molar-refractivity contribution in [1.29, 1.82) is 0 Å². The minimum Gasteiger partial charge on any atom is -0.378 e. The van der Waals surface area contributed by atoms with E-state index >= 15 is 0 Å². The lowest BCUT2D eigenvalue weighted by Crippen LogP contribution is -2.38. The number of aliphatic imine (C=N–C) groups is 1. The summed E-state index contributed by atoms with van der Waals surface area (Å²) in [5, 5.41) is 7.90. The topological polar surface area (TPSA) is 58.5 Å². The van der Waals surface area contributed by atoms with Crippen LogP contribution in [0.4, 0.5) is 0 Å². The van der Waals surface area contributed by atoms with Gasteiger partial charge in [0.2, 0.25) is 0 Å². The molecule has 1 fully saturated rings. The molecule has 1 heterocycles. The van der Waals surface area contributed by atoms with E-state index in [1.807, 2.05) is 6.20 Å². The van der Waals surface area contributed by atoms with Gasteiger partial charge in [-0.25, -0.2) is 4.98 Å². The molecular weight excluding hydrogens is 344 g/mol. The molecule has 5 nitrogen and oxygen atoms in total. The minimum absolute atomic E-state index is 0.509. The quantitative estimate of drug-likeness (QED) is 0.278. The molecule has 148 valence electrons. The van der Waals surface area contributed by atoms with Crippen LogP contribution in [0.5, 0.6) is 0 Å². The predicted molar refractivity (Wildman–Crippen MR) is 111 cm³/mol. The SMILES string of the molecule is CCNC(=NCCCCOC1CCCCCC1)NCCc1ncc(C)s1. The molecule has 26 heavy (non-hydrogen) atoms. The fourth-order valence-corrected chi connectivity index (χ4v) is 4.00. The number of thiazole rings is 1. The van der Waals surface area contributed by atoms with Crippen LogP contribution in [-0.2, 0) is 11.2 Å². The van der Waals surface area contributed by atoms with E-state index in [4.69, 9.17) is 4.74 Å². The fraction of sp³-hybridized carbons (Fsp3) is 0.800. The molecule has 0 aliphatic heterocycles. The summed E-state index contributed by atoms with van der Waals surface area (Å²) in [4.78, 5) is 10.3. The summed E-state index contributed by atoms with van der Waals surface area (Å²) in [6, 6.07) is 0. The van der Waals surface area contributed by atoms with Gasteiger partial charge in [0.05, 0.1) is 11.1 Å². The zero-order chi connectivity index (χ0) is 18.5. The summed E-state index contributed by atoms with van der Waals surface area (Å²) in [5.74, 6) is 0.908. The van der Waals surface area contributed by atoms with Crippen molar-refractivity contribution < 1.29 is 4.74 Å². The lowest BCUT2D eigenvalue weighted by molar-refractivity contribution is 0.0413. The molecule has 0 amide bonds. The van der Waals surface area contributed by atoms with Crippen molar-refractivity contribution in [2.45, 2.75) is 77.7 Å². The maximum Gasteiger partial charge on any atom is 0.191 e. The maximum absolute atomic E-state index is 6.05. The molecule has 2 N–H and O–H groups in total. The molecular formula is C20H36N4OS. The number of ether oxygens (including phenoxy) is 1. The number of rotatable bonds is 10. The molecule has 1 aliphatic carbocycles. The molecule has 1 saturated carbocycles. The first-order valence-corrected chi connectivity index (χ1v) is 11.1. The number of hydrogen-bond acceptors (Lipinski definition) is 4. The van der Waals surface area contributed by atoms with Crippen molar-refractivity contribution in [3.05, 3.63) is 16.1 Å². The third kappa shape index (κ3) is 8.99. The molecule has 0 bridgehead atoms. The van der Waals surface area contributed by atoms with Crippen LogP contribution in [0.2, 0.25) is 0 Å². The summed E-state index contributed by atoms with van der Waals surface area (Å²) in [5.41, 5.74) is 0. The average Bonchev–Trinajstić information content (AvgIpc) is 2.88. The third-order valence-corrected chi connectivity index (χ3v) is 5.60. The Morgan fingerprint density at radius 1 is 1.23 bits per heavy atom. The largest absolute Gasteiger partial charge is 0.378 e. The van der Waals surface area contributed by atoms with Crippen molar-refractivity contribution in [3.8, 4) is 0 Å². The van der Waals surface area contributed by atoms with E-state index in [2.05, 4.69) is 34.5 Å². The summed E-state index contributed by atoms with van der Waals surface area (Å²) in [6.07, 6.45) is 13.5. The number of aromatic nitrogens is 1. The zero-order valence-electron chi connectivity index (χ0n) is 16.6. The Morgan fingerprint density at radius 3 is 2.73 bits per heavy atom. The van der Waals surface area contributed by atoms with Gasteiger partial charge in [0.15, 0.2) is 5.96 Å². The van der Waals surface area contributed by atoms with Crippen LogP contribution in [0.1, 0.15) is 68.2 Å². The lowest BCUT2D eigenvalue weighted by atomic mass is 10.1. The number of nitrogens with one attached hydrogen (secondary N) is 2. The molecule has 0 aromatic carbocycles. The first-order chi connectivity index (χ1) is 12.8. The Kier molecular flexibility index (Phi) is 10.7. The standard InChI is InChI=1S/C20H36N4OS/c1-3-21-20(23-14-12-19-24-16-17(2)26-19)22-13-8-9-15-25-18-10-6-4-5-7-11-18/h16,18H,3-15H2,1-2H3,(H2,21,22,23). The van der Waals surface area contributed by atoms with E-state index in [-0.39, 0.29) is 0 Å². The van der Waals surface area contributed by atoms with Gasteiger partial charge in [-0.3, -0.25) is 4.99 Å². The number of aryl methyl sites for hydroxylation is 1. The number of guanidine groups is 1. The molecule has 1 aliphatic rings. The summed E-state index contributed by atoms with van der Waals surface area (Å²) in [6.45, 7) is 7.67. The lowest BCUT2D eigenvalue weighted by Gasteiger charge is -2.15. The van der Waals surface area contributed by atoms with Gasteiger partial charge in [0, 0.05) is 43.7 Å². The van der Waals surface area contributed by atoms with Crippen LogP contribution < -0.4 is 10.6 Å². The average molecular weight is 381 g/mol. The first kappa shape index (κ1) is 21.2. The number of hydrogen-bond donors (Lipinski definition) is 2. The highest BCUT2D eigenvalue weighted by atomic mass is 32.1. The molecule has 0 radical (unpaired) electrons. The van der Waals surface area contributed by atoms with Crippen molar-refractivity contribution in [3.63, 3.8) is 0 Å². The van der Waals surface area contributed by atoms with Crippen LogP contribution in [0, 0.1) is 6.92 Å². The first-order valence-electron chi connectivity index (χ1n) is 10.3. The summed E-state index contributed by atoms with van der Waals surface area (Å²) >= 11 is 1.77. The van der Waals surface area contributed by atoms with Gasteiger partial charge in [0.1, 0.15) is 0 Å². The van der Waals surface area contributed by atoms with E-state index in [0.717, 1.165) is 51.5 Å². The van der Waals surface area contributed by atoms with Gasteiger partial charge in [0.25, 0.3) is 0 Å². The molecule has 2 rings (SSSR count). The second-order valence-electron chi connectivity index (χ2n) is 6.99. The highest BCUT2D eigenvalue weighted by Crippen LogP contribution is 2.19. The Labute approximate surface area is 163 Å². The molecule has 6 heteroatoms. The van der Waals surface area contributed by atoms with Gasteiger partial charge < -0.3 is 15.4 Å². The molecule has 1 aromatic rings. The van der Waals surface area contributed by atoms with Crippen LogP contribution >= 0.6 is 11.3 Å². The minimum atomic E-state index is 0.509. The zero-order valence-corrected chi connectivity index (χ0v) is 17.4. The Morgan fingerprint density at radius 2 is 2.04 bits per heavy atom. The van der Waals surface area contributed by atoms with Gasteiger partial charge in [-0.2, -0.15) is 0 Å². The van der Waals surface area contributed by atoms with Gasteiger partial charge >= 0.3 is 0 Å². The second kappa shape index (κ2) is 13.1. The van der Waals surface area contributed by atoms with Gasteiger partial charge in [-0.1, -0.05) is 25.7 Å². The van der Waals surface area contributed by atoms with E-state index in [1.54, 1.807) is 11.3 Å². The van der Waals surface area contributed by atoms with E-state index < -0.39 is 0 Å². The van der Waals surface area contributed by atoms with Gasteiger partial charge in [-0.15, -0.1) is 11.3 Å². The molecule has 0 atom stereocenters. The van der Waals surface area contributed by atoms with Crippen molar-refractivity contribution in [2.75, 3.05) is 26.2 Å². The van der Waals surface area contributed by atoms with Gasteiger partial charge in [-0.05, 0) is 39.5 Å². The highest BCUT2D eigenvalue weighted by molar-refractivity contribution is 7.11. The highest BCUT2D eigenvalue weighted by Gasteiger charge is 2.11. The smallest absolute Gasteiger partial charge is 0.191 e.